The Morgan fingerprint density at radius 3 is 2.61 bits per heavy atom. The van der Waals surface area contributed by atoms with Crippen LogP contribution in [-0.2, 0) is 16.0 Å². The van der Waals surface area contributed by atoms with Crippen molar-refractivity contribution in [1.29, 1.82) is 0 Å². The zero-order valence-electron chi connectivity index (χ0n) is 13.6. The average Bonchev–Trinajstić information content (AvgIpc) is 2.99. The van der Waals surface area contributed by atoms with E-state index in [9.17, 15) is 4.79 Å². The minimum atomic E-state index is -0.239. The first kappa shape index (κ1) is 17.7. The maximum Gasteiger partial charge on any atom is 0.223 e. The van der Waals surface area contributed by atoms with Gasteiger partial charge in [0.05, 0.1) is 18.6 Å². The van der Waals surface area contributed by atoms with Gasteiger partial charge in [0.1, 0.15) is 0 Å². The van der Waals surface area contributed by atoms with Gasteiger partial charge in [-0.15, -0.1) is 11.3 Å². The SMILES string of the molecule is COC(CN)CC(=O)NC(Cc1ccccc1)c1sccc1C. The molecule has 0 fully saturated rings. The van der Waals surface area contributed by atoms with E-state index in [1.54, 1.807) is 18.4 Å². The number of amides is 1. The van der Waals surface area contributed by atoms with E-state index in [4.69, 9.17) is 10.5 Å². The molecule has 0 spiro atoms. The third-order valence-corrected chi connectivity index (χ3v) is 4.98. The van der Waals surface area contributed by atoms with Crippen molar-refractivity contribution in [2.24, 2.45) is 5.73 Å². The van der Waals surface area contributed by atoms with Crippen molar-refractivity contribution < 1.29 is 9.53 Å². The number of hydrogen-bond donors (Lipinski definition) is 2. The van der Waals surface area contributed by atoms with Crippen LogP contribution in [0.1, 0.15) is 28.5 Å². The number of carbonyl (C=O) groups is 1. The summed E-state index contributed by atoms with van der Waals surface area (Å²) in [6, 6.07) is 12.3. The van der Waals surface area contributed by atoms with Crippen LogP contribution in [0.25, 0.3) is 0 Å². The molecule has 1 heterocycles. The van der Waals surface area contributed by atoms with Gasteiger partial charge in [-0.05, 0) is 35.9 Å². The van der Waals surface area contributed by atoms with Gasteiger partial charge in [0.2, 0.25) is 5.91 Å². The first-order chi connectivity index (χ1) is 11.1. The fourth-order valence-electron chi connectivity index (χ4n) is 2.52. The van der Waals surface area contributed by atoms with Crippen molar-refractivity contribution in [3.63, 3.8) is 0 Å². The first-order valence-electron chi connectivity index (χ1n) is 7.74. The zero-order valence-corrected chi connectivity index (χ0v) is 14.4. The molecule has 0 radical (unpaired) electrons. The van der Waals surface area contributed by atoms with Gasteiger partial charge in [0.25, 0.3) is 0 Å². The zero-order chi connectivity index (χ0) is 16.7. The van der Waals surface area contributed by atoms with E-state index >= 15 is 0 Å². The number of nitrogens with one attached hydrogen (secondary N) is 1. The molecule has 1 aromatic carbocycles. The molecule has 2 unspecified atom stereocenters. The summed E-state index contributed by atoms with van der Waals surface area (Å²) in [7, 11) is 1.58. The molecule has 2 atom stereocenters. The maximum absolute atomic E-state index is 12.3. The van der Waals surface area contributed by atoms with Crippen LogP contribution in [0, 0.1) is 6.92 Å². The smallest absolute Gasteiger partial charge is 0.223 e. The van der Waals surface area contributed by atoms with Gasteiger partial charge in [0, 0.05) is 18.5 Å². The number of aryl methyl sites for hydroxylation is 1. The van der Waals surface area contributed by atoms with Gasteiger partial charge in [-0.3, -0.25) is 4.79 Å². The molecule has 1 aromatic heterocycles. The number of methoxy groups -OCH3 is 1. The second-order valence-corrected chi connectivity index (χ2v) is 6.52. The number of ether oxygens (including phenoxy) is 1. The summed E-state index contributed by atoms with van der Waals surface area (Å²) in [4.78, 5) is 13.5. The Balaban J connectivity index is 2.11. The van der Waals surface area contributed by atoms with Crippen molar-refractivity contribution >= 4 is 17.2 Å². The molecule has 5 heteroatoms. The normalized spacial score (nSPS) is 13.5. The highest BCUT2D eigenvalue weighted by Gasteiger charge is 2.20. The second-order valence-electron chi connectivity index (χ2n) is 5.58. The molecule has 0 aliphatic rings. The molecule has 0 aliphatic heterocycles. The fourth-order valence-corrected chi connectivity index (χ4v) is 3.50. The molecule has 0 bridgehead atoms. The van der Waals surface area contributed by atoms with Crippen molar-refractivity contribution in [2.75, 3.05) is 13.7 Å². The Morgan fingerprint density at radius 2 is 2.04 bits per heavy atom. The number of carbonyl (C=O) groups excluding carboxylic acids is 1. The third-order valence-electron chi connectivity index (χ3n) is 3.85. The number of hydrogen-bond acceptors (Lipinski definition) is 4. The second kappa shape index (κ2) is 8.82. The lowest BCUT2D eigenvalue weighted by Gasteiger charge is -2.20. The summed E-state index contributed by atoms with van der Waals surface area (Å²) in [5, 5.41) is 5.21. The van der Waals surface area contributed by atoms with Gasteiger partial charge in [0.15, 0.2) is 0 Å². The number of rotatable bonds is 8. The number of thiophene rings is 1. The maximum atomic E-state index is 12.3. The molecule has 1 amide bonds. The highest BCUT2D eigenvalue weighted by Crippen LogP contribution is 2.27. The van der Waals surface area contributed by atoms with Crippen LogP contribution in [-0.4, -0.2) is 25.7 Å². The van der Waals surface area contributed by atoms with Crippen molar-refractivity contribution in [2.45, 2.75) is 31.9 Å². The quantitative estimate of drug-likeness (QED) is 0.781. The molecular formula is C18H24N2O2S. The molecule has 2 rings (SSSR count). The summed E-state index contributed by atoms with van der Waals surface area (Å²) < 4.78 is 5.20. The van der Waals surface area contributed by atoms with Gasteiger partial charge in [-0.25, -0.2) is 0 Å². The minimum Gasteiger partial charge on any atom is -0.380 e. The van der Waals surface area contributed by atoms with E-state index in [0.717, 1.165) is 6.42 Å². The van der Waals surface area contributed by atoms with Gasteiger partial charge >= 0.3 is 0 Å². The lowest BCUT2D eigenvalue weighted by Crippen LogP contribution is -2.35. The molecule has 2 aromatic rings. The standard InChI is InChI=1S/C18H24N2O2S/c1-13-8-9-23-18(13)16(10-14-6-4-3-5-7-14)20-17(21)11-15(12-19)22-2/h3-9,15-16H,10-12,19H2,1-2H3,(H,20,21). The molecule has 23 heavy (non-hydrogen) atoms. The predicted molar refractivity (Wildman–Crippen MR) is 94.6 cm³/mol. The monoisotopic (exact) mass is 332 g/mol. The van der Waals surface area contributed by atoms with Crippen molar-refractivity contribution in [3.8, 4) is 0 Å². The van der Waals surface area contributed by atoms with E-state index < -0.39 is 0 Å². The Morgan fingerprint density at radius 1 is 1.30 bits per heavy atom. The Bertz CT molecular complexity index is 608. The summed E-state index contributed by atoms with van der Waals surface area (Å²) in [5.74, 6) is -0.0315. The summed E-state index contributed by atoms with van der Waals surface area (Å²) in [5.41, 5.74) is 8.01. The first-order valence-corrected chi connectivity index (χ1v) is 8.62. The van der Waals surface area contributed by atoms with E-state index in [-0.39, 0.29) is 24.5 Å². The van der Waals surface area contributed by atoms with E-state index in [2.05, 4.69) is 35.8 Å². The topological polar surface area (TPSA) is 64.3 Å². The average molecular weight is 332 g/mol. The highest BCUT2D eigenvalue weighted by atomic mass is 32.1. The highest BCUT2D eigenvalue weighted by molar-refractivity contribution is 7.10. The summed E-state index contributed by atoms with van der Waals surface area (Å²) in [6.07, 6.45) is 0.813. The summed E-state index contributed by atoms with van der Waals surface area (Å²) >= 11 is 1.68. The van der Waals surface area contributed by atoms with E-state index in [1.165, 1.54) is 16.0 Å². The molecule has 4 nitrogen and oxygen atoms in total. The van der Waals surface area contributed by atoms with Crippen LogP contribution >= 0.6 is 11.3 Å². The van der Waals surface area contributed by atoms with E-state index in [1.807, 2.05) is 18.2 Å². The van der Waals surface area contributed by atoms with Crippen LogP contribution in [0.3, 0.4) is 0 Å². The van der Waals surface area contributed by atoms with Crippen LogP contribution < -0.4 is 11.1 Å². The molecule has 3 N–H and O–H groups in total. The minimum absolute atomic E-state index is 0.0276. The molecule has 0 aliphatic carbocycles. The number of nitrogens with two attached hydrogens (primary N) is 1. The number of benzene rings is 1. The lowest BCUT2D eigenvalue weighted by atomic mass is 10.0. The largest absolute Gasteiger partial charge is 0.380 e. The summed E-state index contributed by atoms with van der Waals surface area (Å²) in [6.45, 7) is 2.42. The fraction of sp³-hybridized carbons (Fsp3) is 0.389. The van der Waals surface area contributed by atoms with Crippen LogP contribution in [0.2, 0.25) is 0 Å². The molecular weight excluding hydrogens is 308 g/mol. The van der Waals surface area contributed by atoms with Gasteiger partial charge in [-0.2, -0.15) is 0 Å². The predicted octanol–water partition coefficient (Wildman–Crippen LogP) is 2.82. The van der Waals surface area contributed by atoms with Crippen LogP contribution in [0.5, 0.6) is 0 Å². The Kier molecular flexibility index (Phi) is 6.77. The van der Waals surface area contributed by atoms with Crippen molar-refractivity contribution in [3.05, 3.63) is 57.8 Å². The van der Waals surface area contributed by atoms with Gasteiger partial charge < -0.3 is 15.8 Å². The lowest BCUT2D eigenvalue weighted by molar-refractivity contribution is -0.124. The van der Waals surface area contributed by atoms with E-state index in [0.29, 0.717) is 6.54 Å². The van der Waals surface area contributed by atoms with Crippen LogP contribution in [0.15, 0.2) is 41.8 Å². The Labute approximate surface area is 141 Å². The van der Waals surface area contributed by atoms with Gasteiger partial charge in [-0.1, -0.05) is 30.3 Å². The van der Waals surface area contributed by atoms with Crippen molar-refractivity contribution in [1.82, 2.24) is 5.32 Å². The third kappa shape index (κ3) is 5.16. The van der Waals surface area contributed by atoms with Crippen LogP contribution in [0.4, 0.5) is 0 Å². The molecule has 0 saturated heterocycles. The molecule has 124 valence electrons. The molecule has 0 saturated carbocycles. The Hall–Kier alpha value is -1.69.